The molecule has 1 aliphatic carbocycles. The molecule has 1 aromatic heterocycles. The van der Waals surface area contributed by atoms with Gasteiger partial charge in [-0.25, -0.2) is 5.01 Å². The number of fused-ring (bicyclic) bond motifs is 1. The average molecular weight is 381 g/mol. The minimum Gasteiger partial charge on any atom is -0.494 e. The first-order chi connectivity index (χ1) is 13.6. The number of anilines is 1. The van der Waals surface area contributed by atoms with Crippen molar-refractivity contribution in [1.82, 2.24) is 15.2 Å². The smallest absolute Gasteiger partial charge is 0.267 e. The number of hydrogen-bond donors (Lipinski definition) is 2. The molecule has 2 aliphatic rings. The monoisotopic (exact) mass is 381 g/mol. The van der Waals surface area contributed by atoms with Crippen LogP contribution in [0.1, 0.15) is 31.7 Å². The predicted molar refractivity (Wildman–Crippen MR) is 105 cm³/mol. The van der Waals surface area contributed by atoms with Crippen molar-refractivity contribution in [3.8, 4) is 5.75 Å². The molecule has 8 nitrogen and oxygen atoms in total. The zero-order valence-electron chi connectivity index (χ0n) is 15.7. The van der Waals surface area contributed by atoms with E-state index in [2.05, 4.69) is 5.43 Å². The fraction of sp³-hybridized carbons (Fsp3) is 0.350. The lowest BCUT2D eigenvalue weighted by Gasteiger charge is -2.28. The molecule has 0 spiro atoms. The van der Waals surface area contributed by atoms with Crippen molar-refractivity contribution in [3.63, 3.8) is 0 Å². The summed E-state index contributed by atoms with van der Waals surface area (Å²) >= 11 is 0. The maximum absolute atomic E-state index is 11.8. The number of nitrogens with one attached hydrogen (secondary N) is 1. The van der Waals surface area contributed by atoms with Crippen molar-refractivity contribution in [1.29, 1.82) is 0 Å². The molecule has 1 aromatic carbocycles. The van der Waals surface area contributed by atoms with Crippen molar-refractivity contribution in [3.05, 3.63) is 42.4 Å². The summed E-state index contributed by atoms with van der Waals surface area (Å²) in [5.74, 6) is 0.212. The molecular formula is C20H23N5O3. The van der Waals surface area contributed by atoms with Gasteiger partial charge in [0.25, 0.3) is 5.91 Å². The molecule has 0 bridgehead atoms. The van der Waals surface area contributed by atoms with Crippen LogP contribution in [0.2, 0.25) is 0 Å². The van der Waals surface area contributed by atoms with E-state index in [0.29, 0.717) is 17.1 Å². The number of allylic oxidation sites excluding steroid dienone is 2. The molecule has 2 heterocycles. The Kier molecular flexibility index (Phi) is 4.77. The summed E-state index contributed by atoms with van der Waals surface area (Å²) < 4.78 is 7.53. The SMILES string of the molecule is COc1cc2nn(C3CCC(C=O)CC3)cc2cc1N1NC=CC=C1C(N)=O. The van der Waals surface area contributed by atoms with E-state index in [4.69, 9.17) is 15.6 Å². The second-order valence-electron chi connectivity index (χ2n) is 7.14. The Balaban J connectivity index is 1.69. The summed E-state index contributed by atoms with van der Waals surface area (Å²) in [6, 6.07) is 4.07. The molecule has 146 valence electrons. The van der Waals surface area contributed by atoms with E-state index < -0.39 is 5.91 Å². The maximum Gasteiger partial charge on any atom is 0.267 e. The van der Waals surface area contributed by atoms with Crippen LogP contribution in [-0.2, 0) is 9.59 Å². The molecule has 1 saturated carbocycles. The van der Waals surface area contributed by atoms with E-state index in [1.165, 1.54) is 0 Å². The number of carbonyl (C=O) groups is 2. The number of ether oxygens (including phenoxy) is 1. The molecule has 0 radical (unpaired) electrons. The Labute approximate surface area is 162 Å². The third kappa shape index (κ3) is 3.21. The zero-order valence-corrected chi connectivity index (χ0v) is 15.7. The second-order valence-corrected chi connectivity index (χ2v) is 7.14. The molecule has 2 aromatic rings. The van der Waals surface area contributed by atoms with Gasteiger partial charge in [-0.2, -0.15) is 5.10 Å². The molecule has 8 heteroatoms. The third-order valence-corrected chi connectivity index (χ3v) is 5.42. The van der Waals surface area contributed by atoms with Gasteiger partial charge in [-0.05, 0) is 43.9 Å². The summed E-state index contributed by atoms with van der Waals surface area (Å²) in [6.07, 6.45) is 11.8. The summed E-state index contributed by atoms with van der Waals surface area (Å²) in [4.78, 5) is 22.8. The topological polar surface area (TPSA) is 102 Å². The molecule has 0 saturated heterocycles. The fourth-order valence-electron chi connectivity index (χ4n) is 3.88. The molecule has 0 unspecified atom stereocenters. The van der Waals surface area contributed by atoms with E-state index >= 15 is 0 Å². The standard InChI is InChI=1S/C20H23N5O3/c1-28-19-10-16-14(9-18(19)25-17(20(21)27)3-2-8-22-25)11-24(23-16)15-6-4-13(12-26)5-7-15/h2-3,8-13,15,22H,4-7H2,1H3,(H2,21,27). The van der Waals surface area contributed by atoms with Crippen LogP contribution in [0.3, 0.4) is 0 Å². The maximum atomic E-state index is 11.8. The van der Waals surface area contributed by atoms with Crippen molar-refractivity contribution in [2.75, 3.05) is 12.1 Å². The largest absolute Gasteiger partial charge is 0.494 e. The summed E-state index contributed by atoms with van der Waals surface area (Å²) in [5, 5.41) is 7.27. The van der Waals surface area contributed by atoms with Crippen LogP contribution in [0, 0.1) is 5.92 Å². The van der Waals surface area contributed by atoms with E-state index in [1.807, 2.05) is 23.0 Å². The average Bonchev–Trinajstić information content (AvgIpc) is 3.15. The Morgan fingerprint density at radius 1 is 1.32 bits per heavy atom. The highest BCUT2D eigenvalue weighted by atomic mass is 16.5. The number of amides is 1. The first-order valence-electron chi connectivity index (χ1n) is 9.36. The molecule has 1 fully saturated rings. The molecule has 1 amide bonds. The molecule has 4 rings (SSSR count). The van der Waals surface area contributed by atoms with Gasteiger partial charge >= 0.3 is 0 Å². The van der Waals surface area contributed by atoms with Gasteiger partial charge in [-0.3, -0.25) is 9.48 Å². The number of carbonyl (C=O) groups excluding carboxylic acids is 2. The molecular weight excluding hydrogens is 358 g/mol. The van der Waals surface area contributed by atoms with Crippen molar-refractivity contribution >= 4 is 28.8 Å². The number of primary amides is 1. The van der Waals surface area contributed by atoms with Crippen molar-refractivity contribution in [2.45, 2.75) is 31.7 Å². The Morgan fingerprint density at radius 2 is 2.11 bits per heavy atom. The van der Waals surface area contributed by atoms with Gasteiger partial charge in [-0.1, -0.05) is 0 Å². The van der Waals surface area contributed by atoms with Gasteiger partial charge in [0.05, 0.1) is 18.7 Å². The number of hydrazine groups is 1. The third-order valence-electron chi connectivity index (χ3n) is 5.42. The highest BCUT2D eigenvalue weighted by Gasteiger charge is 2.25. The number of aldehydes is 1. The first-order valence-corrected chi connectivity index (χ1v) is 9.36. The normalized spacial score (nSPS) is 21.9. The van der Waals surface area contributed by atoms with Crippen LogP contribution >= 0.6 is 0 Å². The zero-order chi connectivity index (χ0) is 19.7. The summed E-state index contributed by atoms with van der Waals surface area (Å²) in [7, 11) is 1.58. The van der Waals surface area contributed by atoms with Crippen LogP contribution in [-0.4, -0.2) is 29.1 Å². The van der Waals surface area contributed by atoms with Crippen LogP contribution in [0.5, 0.6) is 5.75 Å². The Bertz CT molecular complexity index is 970. The van der Waals surface area contributed by atoms with Gasteiger partial charge in [0.15, 0.2) is 0 Å². The Hall–Kier alpha value is -3.29. The number of aromatic nitrogens is 2. The molecule has 0 atom stereocenters. The van der Waals surface area contributed by atoms with Gasteiger partial charge in [0.2, 0.25) is 0 Å². The van der Waals surface area contributed by atoms with Crippen LogP contribution < -0.4 is 20.9 Å². The van der Waals surface area contributed by atoms with E-state index in [1.54, 1.807) is 30.5 Å². The molecule has 1 aliphatic heterocycles. The number of hydrogen-bond acceptors (Lipinski definition) is 6. The summed E-state index contributed by atoms with van der Waals surface area (Å²) in [5.41, 5.74) is 10.4. The van der Waals surface area contributed by atoms with Gasteiger partial charge in [0.1, 0.15) is 23.4 Å². The molecule has 28 heavy (non-hydrogen) atoms. The highest BCUT2D eigenvalue weighted by Crippen LogP contribution is 2.36. The van der Waals surface area contributed by atoms with E-state index in [9.17, 15) is 9.59 Å². The number of nitrogens with two attached hydrogens (primary N) is 1. The second kappa shape index (κ2) is 7.38. The van der Waals surface area contributed by atoms with Crippen LogP contribution in [0.15, 0.2) is 42.4 Å². The van der Waals surface area contributed by atoms with Gasteiger partial charge in [-0.15, -0.1) is 0 Å². The lowest BCUT2D eigenvalue weighted by molar-refractivity contribution is -0.114. The van der Waals surface area contributed by atoms with E-state index in [0.717, 1.165) is 42.9 Å². The number of benzene rings is 1. The lowest BCUT2D eigenvalue weighted by Crippen LogP contribution is -2.40. The van der Waals surface area contributed by atoms with Gasteiger partial charge < -0.3 is 20.7 Å². The minimum absolute atomic E-state index is 0.171. The van der Waals surface area contributed by atoms with Crippen LogP contribution in [0.4, 0.5) is 5.69 Å². The highest BCUT2D eigenvalue weighted by molar-refractivity contribution is 5.98. The number of nitrogens with zero attached hydrogens (tertiary/aromatic N) is 3. The number of methoxy groups -OCH3 is 1. The Morgan fingerprint density at radius 3 is 2.79 bits per heavy atom. The summed E-state index contributed by atoms with van der Waals surface area (Å²) in [6.45, 7) is 0. The first kappa shape index (κ1) is 18.1. The van der Waals surface area contributed by atoms with Crippen LogP contribution in [0.25, 0.3) is 10.9 Å². The lowest BCUT2D eigenvalue weighted by atomic mass is 9.87. The van der Waals surface area contributed by atoms with Crippen molar-refractivity contribution < 1.29 is 14.3 Å². The minimum atomic E-state index is -0.540. The quantitative estimate of drug-likeness (QED) is 0.770. The molecule has 3 N–H and O–H groups in total. The van der Waals surface area contributed by atoms with Gasteiger partial charge in [0, 0.05) is 29.8 Å². The predicted octanol–water partition coefficient (Wildman–Crippen LogP) is 2.18. The van der Waals surface area contributed by atoms with Crippen molar-refractivity contribution in [2.24, 2.45) is 11.7 Å². The fourth-order valence-corrected chi connectivity index (χ4v) is 3.88. The number of rotatable bonds is 5. The van der Waals surface area contributed by atoms with E-state index in [-0.39, 0.29) is 12.0 Å².